The summed E-state index contributed by atoms with van der Waals surface area (Å²) in [6, 6.07) is 11.8. The number of aromatic amines is 1. The van der Waals surface area contributed by atoms with Crippen molar-refractivity contribution in [3.05, 3.63) is 47.8 Å². The number of nitrogens with one attached hydrogen (secondary N) is 2. The lowest BCUT2D eigenvalue weighted by molar-refractivity contribution is 0.102. The summed E-state index contributed by atoms with van der Waals surface area (Å²) in [5.74, 6) is 1.52. The summed E-state index contributed by atoms with van der Waals surface area (Å²) in [5.41, 5.74) is 5.63. The molecule has 0 atom stereocenters. The highest BCUT2D eigenvalue weighted by atomic mass is 16.1. The molecule has 1 aromatic heterocycles. The van der Waals surface area contributed by atoms with Gasteiger partial charge in [0.1, 0.15) is 13.7 Å². The highest BCUT2D eigenvalue weighted by molar-refractivity contribution is 6.32. The van der Waals surface area contributed by atoms with Gasteiger partial charge in [-0.1, -0.05) is 49.0 Å². The minimum atomic E-state index is -0.0919. The molecule has 1 amide bonds. The number of amides is 1. The molecule has 0 spiro atoms. The Morgan fingerprint density at radius 1 is 1.13 bits per heavy atom. The molecule has 1 saturated carbocycles. The normalized spacial score (nSPS) is 14.7. The SMILES string of the molecule is Bc1ccc(C(=O)Nc2cc3nc(C4CCCCC4)[nH]c3cc2N(CC)CC)cc1. The van der Waals surface area contributed by atoms with Crippen LogP contribution in [0.2, 0.25) is 0 Å². The Morgan fingerprint density at radius 3 is 2.50 bits per heavy atom. The minimum Gasteiger partial charge on any atom is -0.370 e. The molecule has 0 radical (unpaired) electrons. The zero-order valence-electron chi connectivity index (χ0n) is 18.3. The first-order valence-corrected chi connectivity index (χ1v) is 11.3. The number of H-pyrrole nitrogens is 1. The molecule has 1 aliphatic rings. The van der Waals surface area contributed by atoms with Crippen molar-refractivity contribution in [3.8, 4) is 0 Å². The molecular formula is C24H31BN4O. The van der Waals surface area contributed by atoms with Gasteiger partial charge >= 0.3 is 0 Å². The largest absolute Gasteiger partial charge is 0.370 e. The summed E-state index contributed by atoms with van der Waals surface area (Å²) in [7, 11) is 2.02. The van der Waals surface area contributed by atoms with Crippen molar-refractivity contribution in [1.29, 1.82) is 0 Å². The number of anilines is 2. The third-order valence-corrected chi connectivity index (χ3v) is 6.28. The molecule has 4 rings (SSSR count). The van der Waals surface area contributed by atoms with Crippen molar-refractivity contribution in [2.75, 3.05) is 23.3 Å². The molecule has 1 fully saturated rings. The van der Waals surface area contributed by atoms with Crippen LogP contribution < -0.4 is 15.7 Å². The van der Waals surface area contributed by atoms with E-state index < -0.39 is 0 Å². The quantitative estimate of drug-likeness (QED) is 0.614. The van der Waals surface area contributed by atoms with Crippen molar-refractivity contribution in [1.82, 2.24) is 9.97 Å². The first-order valence-electron chi connectivity index (χ1n) is 11.3. The minimum absolute atomic E-state index is 0.0919. The maximum absolute atomic E-state index is 12.9. The number of rotatable bonds is 6. The number of hydrogen-bond acceptors (Lipinski definition) is 3. The van der Waals surface area contributed by atoms with Crippen LogP contribution in [0.1, 0.15) is 68.1 Å². The molecule has 156 valence electrons. The highest BCUT2D eigenvalue weighted by Gasteiger charge is 2.21. The average Bonchev–Trinajstić information content (AvgIpc) is 3.19. The van der Waals surface area contributed by atoms with E-state index in [1.165, 1.54) is 32.1 Å². The molecule has 1 aliphatic carbocycles. The third kappa shape index (κ3) is 4.23. The number of aromatic nitrogens is 2. The number of carbonyl (C=O) groups excluding carboxylic acids is 1. The van der Waals surface area contributed by atoms with Gasteiger partial charge in [-0.2, -0.15) is 0 Å². The molecular weight excluding hydrogens is 371 g/mol. The van der Waals surface area contributed by atoms with Crippen LogP contribution in [-0.2, 0) is 0 Å². The van der Waals surface area contributed by atoms with Crippen LogP contribution in [0, 0.1) is 0 Å². The summed E-state index contributed by atoms with van der Waals surface area (Å²) in [6.07, 6.45) is 6.31. The summed E-state index contributed by atoms with van der Waals surface area (Å²) in [5, 5.41) is 3.14. The lowest BCUT2D eigenvalue weighted by Crippen LogP contribution is -2.24. The van der Waals surface area contributed by atoms with Gasteiger partial charge in [0.05, 0.1) is 22.4 Å². The van der Waals surface area contributed by atoms with E-state index in [4.69, 9.17) is 4.98 Å². The number of fused-ring (bicyclic) bond motifs is 1. The Balaban J connectivity index is 1.70. The van der Waals surface area contributed by atoms with E-state index in [2.05, 4.69) is 35.1 Å². The molecule has 0 saturated heterocycles. The lowest BCUT2D eigenvalue weighted by atomic mass is 9.89. The van der Waals surface area contributed by atoms with E-state index in [1.54, 1.807) is 0 Å². The molecule has 0 aliphatic heterocycles. The summed E-state index contributed by atoms with van der Waals surface area (Å²) in [4.78, 5) is 23.7. The molecule has 2 aromatic carbocycles. The van der Waals surface area contributed by atoms with Gasteiger partial charge in [0.2, 0.25) is 0 Å². The highest BCUT2D eigenvalue weighted by Crippen LogP contribution is 2.35. The molecule has 1 heterocycles. The van der Waals surface area contributed by atoms with Crippen LogP contribution >= 0.6 is 0 Å². The Labute approximate surface area is 179 Å². The van der Waals surface area contributed by atoms with E-state index in [9.17, 15) is 4.79 Å². The van der Waals surface area contributed by atoms with Crippen LogP contribution in [0.25, 0.3) is 11.0 Å². The predicted octanol–water partition coefficient (Wildman–Crippen LogP) is 3.97. The van der Waals surface area contributed by atoms with Crippen molar-refractivity contribution in [2.45, 2.75) is 51.9 Å². The second-order valence-electron chi connectivity index (χ2n) is 8.34. The summed E-state index contributed by atoms with van der Waals surface area (Å²) >= 11 is 0. The van der Waals surface area contributed by atoms with Crippen LogP contribution in [0.3, 0.4) is 0 Å². The fraction of sp³-hybridized carbons (Fsp3) is 0.417. The van der Waals surface area contributed by atoms with Crippen molar-refractivity contribution >= 4 is 41.6 Å². The molecule has 5 nitrogen and oxygen atoms in total. The number of carbonyl (C=O) groups is 1. The van der Waals surface area contributed by atoms with Crippen molar-refractivity contribution < 1.29 is 4.79 Å². The van der Waals surface area contributed by atoms with E-state index in [0.717, 1.165) is 46.8 Å². The second-order valence-corrected chi connectivity index (χ2v) is 8.34. The van der Waals surface area contributed by atoms with Crippen LogP contribution in [-0.4, -0.2) is 36.8 Å². The van der Waals surface area contributed by atoms with Gasteiger partial charge in [-0.15, -0.1) is 0 Å². The predicted molar refractivity (Wildman–Crippen MR) is 128 cm³/mol. The van der Waals surface area contributed by atoms with Gasteiger partial charge < -0.3 is 15.2 Å². The fourth-order valence-electron chi connectivity index (χ4n) is 4.46. The first kappa shape index (κ1) is 20.5. The van der Waals surface area contributed by atoms with E-state index in [-0.39, 0.29) is 5.91 Å². The number of hydrogen-bond donors (Lipinski definition) is 2. The standard InChI is InChI=1S/C24H31BN4O/c1-3-29(4-2)22-15-20-19(26-23(27-20)16-8-6-5-7-9-16)14-21(22)28-24(30)17-10-12-18(25)13-11-17/h10-16H,3-9,25H2,1-2H3,(H,26,27)(H,28,30). The molecule has 0 unspecified atom stereocenters. The maximum atomic E-state index is 12.9. The van der Waals surface area contributed by atoms with Gasteiger partial charge in [0, 0.05) is 24.6 Å². The Bertz CT molecular complexity index is 1020. The monoisotopic (exact) mass is 402 g/mol. The number of benzene rings is 2. The Kier molecular flexibility index (Phi) is 6.12. The number of imidazole rings is 1. The van der Waals surface area contributed by atoms with Crippen LogP contribution in [0.15, 0.2) is 36.4 Å². The van der Waals surface area contributed by atoms with Gasteiger partial charge in [0.25, 0.3) is 5.91 Å². The van der Waals surface area contributed by atoms with Crippen molar-refractivity contribution in [3.63, 3.8) is 0 Å². The van der Waals surface area contributed by atoms with E-state index >= 15 is 0 Å². The zero-order chi connectivity index (χ0) is 21.1. The van der Waals surface area contributed by atoms with E-state index in [1.807, 2.05) is 38.2 Å². The van der Waals surface area contributed by atoms with Gasteiger partial charge in [-0.25, -0.2) is 4.98 Å². The van der Waals surface area contributed by atoms with Gasteiger partial charge in [-0.05, 0) is 38.8 Å². The Hall–Kier alpha value is -2.76. The lowest BCUT2D eigenvalue weighted by Gasteiger charge is -2.24. The topological polar surface area (TPSA) is 61.0 Å². The van der Waals surface area contributed by atoms with Crippen LogP contribution in [0.5, 0.6) is 0 Å². The first-order chi connectivity index (χ1) is 14.6. The van der Waals surface area contributed by atoms with Crippen molar-refractivity contribution in [2.24, 2.45) is 0 Å². The maximum Gasteiger partial charge on any atom is 0.255 e. The molecule has 6 heteroatoms. The van der Waals surface area contributed by atoms with E-state index in [0.29, 0.717) is 11.5 Å². The fourth-order valence-corrected chi connectivity index (χ4v) is 4.46. The zero-order valence-corrected chi connectivity index (χ0v) is 18.3. The molecule has 2 N–H and O–H groups in total. The number of nitrogens with zero attached hydrogens (tertiary/aromatic N) is 2. The second kappa shape index (κ2) is 8.94. The molecule has 0 bridgehead atoms. The van der Waals surface area contributed by atoms with Gasteiger partial charge in [0.15, 0.2) is 0 Å². The van der Waals surface area contributed by atoms with Crippen LogP contribution in [0.4, 0.5) is 11.4 Å². The molecule has 3 aromatic rings. The Morgan fingerprint density at radius 2 is 1.83 bits per heavy atom. The summed E-state index contributed by atoms with van der Waals surface area (Å²) < 4.78 is 0. The third-order valence-electron chi connectivity index (χ3n) is 6.28. The average molecular weight is 402 g/mol. The smallest absolute Gasteiger partial charge is 0.255 e. The summed E-state index contributed by atoms with van der Waals surface area (Å²) in [6.45, 7) is 6.03. The van der Waals surface area contributed by atoms with Gasteiger partial charge in [-0.3, -0.25) is 4.79 Å². The molecule has 30 heavy (non-hydrogen) atoms.